The van der Waals surface area contributed by atoms with Crippen LogP contribution in [-0.4, -0.2) is 11.6 Å². The van der Waals surface area contributed by atoms with Crippen LogP contribution in [0, 0.1) is 10.8 Å². The molecule has 0 amide bonds. The lowest BCUT2D eigenvalue weighted by molar-refractivity contribution is -0.179. The molecule has 1 aliphatic carbocycles. The normalized spacial score (nSPS) is 22.0. The molecule has 1 fully saturated rings. The van der Waals surface area contributed by atoms with Crippen molar-refractivity contribution in [1.82, 2.24) is 0 Å². The Morgan fingerprint density at radius 3 is 2.00 bits per heavy atom. The van der Waals surface area contributed by atoms with Crippen molar-refractivity contribution in [2.24, 2.45) is 10.8 Å². The highest BCUT2D eigenvalue weighted by Crippen LogP contribution is 2.46. The molecule has 2 nitrogen and oxygen atoms in total. The number of hydrogen-bond acceptors (Lipinski definition) is 2. The molecule has 1 atom stereocenters. The highest BCUT2D eigenvalue weighted by atomic mass is 16.6. The molecule has 0 radical (unpaired) electrons. The third kappa shape index (κ3) is 3.32. The van der Waals surface area contributed by atoms with Crippen molar-refractivity contribution >= 4 is 5.97 Å². The van der Waals surface area contributed by atoms with Crippen LogP contribution in [0.1, 0.15) is 86.5 Å². The van der Waals surface area contributed by atoms with Gasteiger partial charge in [-0.15, -0.1) is 0 Å². The molecule has 0 aromatic carbocycles. The fraction of sp³-hybridized carbons (Fsp3) is 0.941. The van der Waals surface area contributed by atoms with Crippen LogP contribution < -0.4 is 0 Å². The predicted molar refractivity (Wildman–Crippen MR) is 80.1 cm³/mol. The van der Waals surface area contributed by atoms with E-state index in [4.69, 9.17) is 4.74 Å². The lowest BCUT2D eigenvalue weighted by Gasteiger charge is -2.42. The average Bonchev–Trinajstić information content (AvgIpc) is 2.77. The minimum absolute atomic E-state index is 0.0191. The second-order valence-electron chi connectivity index (χ2n) is 7.47. The first-order chi connectivity index (χ1) is 8.71. The Kier molecular flexibility index (Phi) is 5.08. The molecular formula is C17H32O2. The van der Waals surface area contributed by atoms with Gasteiger partial charge in [-0.2, -0.15) is 0 Å². The van der Waals surface area contributed by atoms with Gasteiger partial charge in [0.1, 0.15) is 5.60 Å². The number of ether oxygens (including phenoxy) is 1. The van der Waals surface area contributed by atoms with Gasteiger partial charge in [0.05, 0.1) is 5.41 Å². The van der Waals surface area contributed by atoms with Crippen molar-refractivity contribution in [3.63, 3.8) is 0 Å². The van der Waals surface area contributed by atoms with E-state index in [0.717, 1.165) is 32.1 Å². The van der Waals surface area contributed by atoms with E-state index in [1.807, 2.05) is 0 Å². The largest absolute Gasteiger partial charge is 0.459 e. The van der Waals surface area contributed by atoms with Crippen LogP contribution in [0.4, 0.5) is 0 Å². The lowest BCUT2D eigenvalue weighted by atomic mass is 9.65. The summed E-state index contributed by atoms with van der Waals surface area (Å²) in [6.45, 7) is 12.8. The molecule has 0 bridgehead atoms. The van der Waals surface area contributed by atoms with Crippen molar-refractivity contribution in [2.75, 3.05) is 0 Å². The van der Waals surface area contributed by atoms with Gasteiger partial charge < -0.3 is 4.74 Å². The summed E-state index contributed by atoms with van der Waals surface area (Å²) in [6, 6.07) is 0. The van der Waals surface area contributed by atoms with E-state index in [-0.39, 0.29) is 22.4 Å². The van der Waals surface area contributed by atoms with E-state index >= 15 is 0 Å². The average molecular weight is 268 g/mol. The summed E-state index contributed by atoms with van der Waals surface area (Å²) in [7, 11) is 0. The zero-order chi connectivity index (χ0) is 14.7. The standard InChI is InChI=1S/C17H32O2/c1-7-11-16(6,15(3,4)5)14(18)19-17(8-2)12-9-10-13-17/h7-13H2,1-6H3. The fourth-order valence-electron chi connectivity index (χ4n) is 3.14. The SMILES string of the molecule is CCCC(C)(C(=O)OC1(CC)CCCC1)C(C)(C)C. The van der Waals surface area contributed by atoms with Crippen LogP contribution in [-0.2, 0) is 9.53 Å². The summed E-state index contributed by atoms with van der Waals surface area (Å²) < 4.78 is 6.05. The maximum Gasteiger partial charge on any atom is 0.312 e. The second kappa shape index (κ2) is 5.85. The van der Waals surface area contributed by atoms with Crippen LogP contribution in [0.15, 0.2) is 0 Å². The molecule has 2 heteroatoms. The molecule has 0 N–H and O–H groups in total. The summed E-state index contributed by atoms with van der Waals surface area (Å²) in [5, 5.41) is 0. The molecule has 1 aliphatic rings. The number of carbonyl (C=O) groups is 1. The quantitative estimate of drug-likeness (QED) is 0.648. The van der Waals surface area contributed by atoms with Gasteiger partial charge in [-0.25, -0.2) is 0 Å². The minimum atomic E-state index is -0.382. The van der Waals surface area contributed by atoms with E-state index in [9.17, 15) is 4.79 Å². The van der Waals surface area contributed by atoms with Crippen molar-refractivity contribution in [2.45, 2.75) is 92.1 Å². The molecule has 112 valence electrons. The van der Waals surface area contributed by atoms with Crippen molar-refractivity contribution in [3.05, 3.63) is 0 Å². The molecule has 1 unspecified atom stereocenters. The molecule has 0 aliphatic heterocycles. The zero-order valence-corrected chi connectivity index (χ0v) is 13.8. The van der Waals surface area contributed by atoms with Gasteiger partial charge in [0, 0.05) is 0 Å². The predicted octanol–water partition coefficient (Wildman–Crippen LogP) is 5.10. The van der Waals surface area contributed by atoms with Crippen molar-refractivity contribution in [1.29, 1.82) is 0 Å². The molecule has 0 saturated heterocycles. The Hall–Kier alpha value is -0.530. The van der Waals surface area contributed by atoms with Crippen LogP contribution >= 0.6 is 0 Å². The molecule has 1 saturated carbocycles. The number of rotatable bonds is 5. The van der Waals surface area contributed by atoms with Gasteiger partial charge in [-0.05, 0) is 50.9 Å². The van der Waals surface area contributed by atoms with Gasteiger partial charge in [0.2, 0.25) is 0 Å². The Morgan fingerprint density at radius 1 is 1.11 bits per heavy atom. The van der Waals surface area contributed by atoms with Gasteiger partial charge in [0.15, 0.2) is 0 Å². The zero-order valence-electron chi connectivity index (χ0n) is 13.8. The first-order valence-corrected chi connectivity index (χ1v) is 7.94. The molecule has 0 spiro atoms. The molecule has 19 heavy (non-hydrogen) atoms. The molecule has 0 heterocycles. The van der Waals surface area contributed by atoms with E-state index in [2.05, 4.69) is 41.5 Å². The maximum absolute atomic E-state index is 12.8. The summed E-state index contributed by atoms with van der Waals surface area (Å²) in [5.74, 6) is 0.0191. The lowest BCUT2D eigenvalue weighted by Crippen LogP contribution is -2.45. The van der Waals surface area contributed by atoms with Gasteiger partial charge in [-0.1, -0.05) is 41.0 Å². The first-order valence-electron chi connectivity index (χ1n) is 7.94. The summed E-state index contributed by atoms with van der Waals surface area (Å²) in [4.78, 5) is 12.8. The maximum atomic E-state index is 12.8. The minimum Gasteiger partial charge on any atom is -0.459 e. The van der Waals surface area contributed by atoms with Gasteiger partial charge in [0.25, 0.3) is 0 Å². The van der Waals surface area contributed by atoms with Gasteiger partial charge in [-0.3, -0.25) is 4.79 Å². The van der Waals surface area contributed by atoms with Crippen LogP contribution in [0.2, 0.25) is 0 Å². The molecule has 1 rings (SSSR count). The first kappa shape index (κ1) is 16.5. The van der Waals surface area contributed by atoms with Crippen LogP contribution in [0.3, 0.4) is 0 Å². The molecule has 0 aromatic rings. The topological polar surface area (TPSA) is 26.3 Å². The monoisotopic (exact) mass is 268 g/mol. The van der Waals surface area contributed by atoms with Crippen LogP contribution in [0.5, 0.6) is 0 Å². The van der Waals surface area contributed by atoms with E-state index in [1.165, 1.54) is 12.8 Å². The summed E-state index contributed by atoms with van der Waals surface area (Å²) >= 11 is 0. The Morgan fingerprint density at radius 2 is 1.63 bits per heavy atom. The van der Waals surface area contributed by atoms with Crippen molar-refractivity contribution < 1.29 is 9.53 Å². The number of hydrogen-bond donors (Lipinski definition) is 0. The van der Waals surface area contributed by atoms with E-state index < -0.39 is 0 Å². The Labute approximate surface area is 119 Å². The summed E-state index contributed by atoms with van der Waals surface area (Å²) in [5.41, 5.74) is -0.614. The number of esters is 1. The molecule has 0 aromatic heterocycles. The third-order valence-electron chi connectivity index (χ3n) is 5.32. The smallest absolute Gasteiger partial charge is 0.312 e. The highest BCUT2D eigenvalue weighted by molar-refractivity contribution is 5.77. The van der Waals surface area contributed by atoms with E-state index in [0.29, 0.717) is 0 Å². The van der Waals surface area contributed by atoms with Crippen LogP contribution in [0.25, 0.3) is 0 Å². The fourth-order valence-corrected chi connectivity index (χ4v) is 3.14. The van der Waals surface area contributed by atoms with Gasteiger partial charge >= 0.3 is 5.97 Å². The second-order valence-corrected chi connectivity index (χ2v) is 7.47. The van der Waals surface area contributed by atoms with E-state index in [1.54, 1.807) is 0 Å². The summed E-state index contributed by atoms with van der Waals surface area (Å²) in [6.07, 6.45) is 7.34. The molecular weight excluding hydrogens is 236 g/mol. The van der Waals surface area contributed by atoms with Crippen molar-refractivity contribution in [3.8, 4) is 0 Å². The Bertz CT molecular complexity index is 308. The number of carbonyl (C=O) groups excluding carboxylic acids is 1. The Balaban J connectivity index is 2.89. The highest BCUT2D eigenvalue weighted by Gasteiger charge is 2.48. The third-order valence-corrected chi connectivity index (χ3v) is 5.32.